The van der Waals surface area contributed by atoms with Crippen LogP contribution in [0.5, 0.6) is 0 Å². The smallest absolute Gasteiger partial charge is 0.135 e. The molecule has 172 valence electrons. The molecule has 0 bridgehead atoms. The van der Waals surface area contributed by atoms with Gasteiger partial charge in [-0.15, -0.1) is 0 Å². The number of benzene rings is 1. The van der Waals surface area contributed by atoms with Gasteiger partial charge in [0, 0.05) is 46.7 Å². The maximum absolute atomic E-state index is 14.5. The van der Waals surface area contributed by atoms with E-state index in [0.717, 1.165) is 44.6 Å². The first-order chi connectivity index (χ1) is 17.1. The average molecular weight is 464 g/mol. The Balaban J connectivity index is 1.46. The molecule has 0 aliphatic heterocycles. The van der Waals surface area contributed by atoms with E-state index in [0.29, 0.717) is 23.0 Å². The van der Waals surface area contributed by atoms with Crippen LogP contribution in [0.3, 0.4) is 0 Å². The maximum atomic E-state index is 14.5. The summed E-state index contributed by atoms with van der Waals surface area (Å²) in [5, 5.41) is 11.8. The Morgan fingerprint density at radius 1 is 0.943 bits per heavy atom. The molecule has 6 rings (SSSR count). The summed E-state index contributed by atoms with van der Waals surface area (Å²) in [5.41, 5.74) is 7.54. The van der Waals surface area contributed by atoms with Crippen molar-refractivity contribution >= 4 is 27.6 Å². The molecule has 0 spiro atoms. The third-order valence-electron chi connectivity index (χ3n) is 5.83. The zero-order valence-electron chi connectivity index (χ0n) is 19.2. The Labute approximate surface area is 200 Å². The van der Waals surface area contributed by atoms with Crippen molar-refractivity contribution in [3.05, 3.63) is 79.0 Å². The number of H-pyrrole nitrogens is 2. The summed E-state index contributed by atoms with van der Waals surface area (Å²) >= 11 is 0. The second-order valence-electron chi connectivity index (χ2n) is 8.71. The Kier molecular flexibility index (Phi) is 4.99. The molecule has 5 heterocycles. The van der Waals surface area contributed by atoms with Gasteiger partial charge in [0.25, 0.3) is 0 Å². The summed E-state index contributed by atoms with van der Waals surface area (Å²) in [6, 6.07) is 16.7. The summed E-state index contributed by atoms with van der Waals surface area (Å²) in [5.74, 6) is -0.311. The van der Waals surface area contributed by atoms with Crippen LogP contribution in [0.1, 0.15) is 13.8 Å². The number of aromatic amines is 2. The van der Waals surface area contributed by atoms with Crippen LogP contribution in [0.4, 0.5) is 10.1 Å². The molecule has 5 aromatic heterocycles. The van der Waals surface area contributed by atoms with Crippen molar-refractivity contribution in [2.24, 2.45) is 0 Å². The van der Waals surface area contributed by atoms with Crippen molar-refractivity contribution in [3.8, 4) is 33.9 Å². The van der Waals surface area contributed by atoms with E-state index < -0.39 is 0 Å². The Morgan fingerprint density at radius 2 is 1.83 bits per heavy atom. The topological polar surface area (TPSA) is 95.2 Å². The molecule has 0 aliphatic rings. The highest BCUT2D eigenvalue weighted by molar-refractivity contribution is 5.99. The van der Waals surface area contributed by atoms with Gasteiger partial charge in [-0.1, -0.05) is 12.1 Å². The number of halogens is 1. The van der Waals surface area contributed by atoms with Crippen LogP contribution in [-0.2, 0) is 0 Å². The Bertz CT molecular complexity index is 1680. The molecule has 0 unspecified atom stereocenters. The molecule has 0 saturated heterocycles. The summed E-state index contributed by atoms with van der Waals surface area (Å²) in [7, 11) is 0. The van der Waals surface area contributed by atoms with Gasteiger partial charge in [-0.2, -0.15) is 5.10 Å². The van der Waals surface area contributed by atoms with E-state index in [9.17, 15) is 4.39 Å². The highest BCUT2D eigenvalue weighted by Gasteiger charge is 2.17. The lowest BCUT2D eigenvalue weighted by Crippen LogP contribution is -2.09. The summed E-state index contributed by atoms with van der Waals surface area (Å²) in [4.78, 5) is 17.1. The predicted octanol–water partition coefficient (Wildman–Crippen LogP) is 6.19. The standard InChI is InChI=1S/C27H22FN7/c1-15(2)31-17-11-16(13-29-14-17)21-7-8-23-26(33-21)27(35-34-23)24-12-19-22(32-24)9-10-30-25(19)18-5-3-4-6-20(18)28/h3-15,31-32H,1-2H3,(H,34,35). The number of anilines is 1. The third kappa shape index (κ3) is 3.78. The van der Waals surface area contributed by atoms with E-state index in [1.165, 1.54) is 6.07 Å². The van der Waals surface area contributed by atoms with Gasteiger partial charge >= 0.3 is 0 Å². The lowest BCUT2D eigenvalue weighted by Gasteiger charge is -2.10. The fraction of sp³-hybridized carbons (Fsp3) is 0.111. The minimum absolute atomic E-state index is 0.300. The highest BCUT2D eigenvalue weighted by atomic mass is 19.1. The van der Waals surface area contributed by atoms with Crippen molar-refractivity contribution in [1.29, 1.82) is 0 Å². The number of aromatic nitrogens is 6. The molecular weight excluding hydrogens is 441 g/mol. The fourth-order valence-corrected chi connectivity index (χ4v) is 4.29. The first-order valence-electron chi connectivity index (χ1n) is 11.4. The second-order valence-corrected chi connectivity index (χ2v) is 8.71. The van der Waals surface area contributed by atoms with Crippen molar-refractivity contribution < 1.29 is 4.39 Å². The van der Waals surface area contributed by atoms with E-state index in [1.54, 1.807) is 36.8 Å². The first kappa shape index (κ1) is 21.0. The van der Waals surface area contributed by atoms with Gasteiger partial charge in [0.05, 0.1) is 28.3 Å². The molecule has 0 radical (unpaired) electrons. The first-order valence-corrected chi connectivity index (χ1v) is 11.4. The van der Waals surface area contributed by atoms with Crippen molar-refractivity contribution in [2.75, 3.05) is 5.32 Å². The van der Waals surface area contributed by atoms with Crippen LogP contribution < -0.4 is 5.32 Å². The van der Waals surface area contributed by atoms with Crippen LogP contribution in [-0.4, -0.2) is 36.2 Å². The van der Waals surface area contributed by atoms with Crippen LogP contribution >= 0.6 is 0 Å². The lowest BCUT2D eigenvalue weighted by atomic mass is 10.1. The van der Waals surface area contributed by atoms with Crippen molar-refractivity contribution in [2.45, 2.75) is 19.9 Å². The SMILES string of the molecule is CC(C)Nc1cncc(-c2ccc3[nH]nc(-c4cc5c(-c6ccccc6F)nccc5[nH]4)c3n2)c1. The van der Waals surface area contributed by atoms with Crippen LogP contribution in [0.25, 0.3) is 55.8 Å². The molecule has 8 heteroatoms. The molecular formula is C27H22FN7. The molecule has 6 aromatic rings. The molecule has 0 atom stereocenters. The third-order valence-corrected chi connectivity index (χ3v) is 5.83. The predicted molar refractivity (Wildman–Crippen MR) is 136 cm³/mol. The van der Waals surface area contributed by atoms with Crippen molar-refractivity contribution in [3.63, 3.8) is 0 Å². The number of fused-ring (bicyclic) bond motifs is 2. The van der Waals surface area contributed by atoms with E-state index in [1.807, 2.05) is 30.3 Å². The van der Waals surface area contributed by atoms with Gasteiger partial charge in [-0.05, 0) is 56.3 Å². The number of rotatable bonds is 5. The van der Waals surface area contributed by atoms with E-state index in [-0.39, 0.29) is 5.82 Å². The molecule has 0 fully saturated rings. The minimum Gasteiger partial charge on any atom is -0.382 e. The zero-order chi connectivity index (χ0) is 23.9. The summed E-state index contributed by atoms with van der Waals surface area (Å²) < 4.78 is 14.5. The van der Waals surface area contributed by atoms with E-state index >= 15 is 0 Å². The Morgan fingerprint density at radius 3 is 2.69 bits per heavy atom. The molecule has 3 N–H and O–H groups in total. The quantitative estimate of drug-likeness (QED) is 0.283. The van der Waals surface area contributed by atoms with Gasteiger partial charge in [-0.25, -0.2) is 9.37 Å². The van der Waals surface area contributed by atoms with Crippen molar-refractivity contribution in [1.82, 2.24) is 30.1 Å². The molecule has 0 aliphatic carbocycles. The average Bonchev–Trinajstić information content (AvgIpc) is 3.47. The molecule has 35 heavy (non-hydrogen) atoms. The molecule has 0 amide bonds. The number of hydrogen-bond donors (Lipinski definition) is 3. The molecule has 1 aromatic carbocycles. The highest BCUT2D eigenvalue weighted by Crippen LogP contribution is 2.34. The van der Waals surface area contributed by atoms with E-state index in [4.69, 9.17) is 4.98 Å². The largest absolute Gasteiger partial charge is 0.382 e. The number of pyridine rings is 3. The fourth-order valence-electron chi connectivity index (χ4n) is 4.29. The van der Waals surface area contributed by atoms with Gasteiger partial charge in [0.1, 0.15) is 17.0 Å². The lowest BCUT2D eigenvalue weighted by molar-refractivity contribution is 0.631. The maximum Gasteiger partial charge on any atom is 0.135 e. The van der Waals surface area contributed by atoms with Crippen LogP contribution in [0, 0.1) is 5.82 Å². The normalized spacial score (nSPS) is 11.5. The van der Waals surface area contributed by atoms with Gasteiger partial charge in [0.2, 0.25) is 0 Å². The minimum atomic E-state index is -0.311. The Hall–Kier alpha value is -4.59. The van der Waals surface area contributed by atoms with Gasteiger partial charge in [0.15, 0.2) is 0 Å². The molecule has 7 nitrogen and oxygen atoms in total. The number of hydrogen-bond acceptors (Lipinski definition) is 5. The monoisotopic (exact) mass is 463 g/mol. The number of nitrogens with zero attached hydrogens (tertiary/aromatic N) is 4. The van der Waals surface area contributed by atoms with Crippen LogP contribution in [0.15, 0.2) is 73.2 Å². The zero-order valence-corrected chi connectivity index (χ0v) is 19.2. The summed E-state index contributed by atoms with van der Waals surface area (Å²) in [6.45, 7) is 4.17. The van der Waals surface area contributed by atoms with E-state index in [2.05, 4.69) is 44.3 Å². The van der Waals surface area contributed by atoms with Crippen LogP contribution in [0.2, 0.25) is 0 Å². The van der Waals surface area contributed by atoms with Gasteiger partial charge < -0.3 is 10.3 Å². The summed E-state index contributed by atoms with van der Waals surface area (Å²) in [6.07, 6.45) is 5.28. The van der Waals surface area contributed by atoms with Gasteiger partial charge in [-0.3, -0.25) is 15.1 Å². The molecule has 0 saturated carbocycles. The second kappa shape index (κ2) is 8.32. The number of nitrogens with one attached hydrogen (secondary N) is 3.